The molecule has 2 heterocycles. The fourth-order valence-corrected chi connectivity index (χ4v) is 4.15. The first-order valence-electron chi connectivity index (χ1n) is 9.71. The van der Waals surface area contributed by atoms with Crippen molar-refractivity contribution in [2.75, 3.05) is 18.4 Å². The van der Waals surface area contributed by atoms with Gasteiger partial charge in [-0.3, -0.25) is 0 Å². The van der Waals surface area contributed by atoms with Gasteiger partial charge in [-0.1, -0.05) is 6.07 Å². The summed E-state index contributed by atoms with van der Waals surface area (Å²) < 4.78 is 60.2. The zero-order chi connectivity index (χ0) is 20.8. The summed E-state index contributed by atoms with van der Waals surface area (Å²) in [6, 6.07) is 2.92. The highest BCUT2D eigenvalue weighted by atomic mass is 19.4. The summed E-state index contributed by atoms with van der Waals surface area (Å²) in [5, 5.41) is 11.2. The summed E-state index contributed by atoms with van der Waals surface area (Å²) in [6.07, 6.45) is -2.56. The van der Waals surface area contributed by atoms with E-state index in [0.29, 0.717) is 23.9 Å². The van der Waals surface area contributed by atoms with Crippen LogP contribution >= 0.6 is 0 Å². The van der Waals surface area contributed by atoms with Crippen molar-refractivity contribution in [2.45, 2.75) is 44.9 Å². The summed E-state index contributed by atoms with van der Waals surface area (Å²) >= 11 is 0. The molecule has 1 saturated carbocycles. The minimum absolute atomic E-state index is 0.0537. The molecule has 2 aliphatic rings. The van der Waals surface area contributed by atoms with E-state index in [-0.39, 0.29) is 18.1 Å². The van der Waals surface area contributed by atoms with Crippen LogP contribution in [0, 0.1) is 17.7 Å². The Morgan fingerprint density at radius 1 is 1.21 bits per heavy atom. The maximum absolute atomic E-state index is 14.4. The molecule has 10 heteroatoms. The van der Waals surface area contributed by atoms with E-state index in [0.717, 1.165) is 38.1 Å². The molecule has 0 radical (unpaired) electrons. The Morgan fingerprint density at radius 3 is 2.52 bits per heavy atom. The van der Waals surface area contributed by atoms with Crippen LogP contribution in [0.2, 0.25) is 0 Å². The summed E-state index contributed by atoms with van der Waals surface area (Å²) in [5.41, 5.74) is -1.38. The van der Waals surface area contributed by atoms with Gasteiger partial charge in [0.15, 0.2) is 11.6 Å². The van der Waals surface area contributed by atoms with Crippen molar-refractivity contribution in [1.82, 2.24) is 20.1 Å². The van der Waals surface area contributed by atoms with Crippen molar-refractivity contribution < 1.29 is 22.3 Å². The number of halogens is 4. The lowest BCUT2D eigenvalue weighted by atomic mass is 9.94. The second-order valence-electron chi connectivity index (χ2n) is 7.90. The zero-order valence-corrected chi connectivity index (χ0v) is 16.1. The van der Waals surface area contributed by atoms with E-state index in [9.17, 15) is 17.6 Å². The third-order valence-electron chi connectivity index (χ3n) is 5.59. The van der Waals surface area contributed by atoms with Crippen LogP contribution in [0.5, 0.6) is 11.8 Å². The van der Waals surface area contributed by atoms with Crippen molar-refractivity contribution >= 4 is 5.95 Å². The monoisotopic (exact) mass is 413 g/mol. The van der Waals surface area contributed by atoms with Crippen LogP contribution in [-0.4, -0.2) is 33.9 Å². The zero-order valence-electron chi connectivity index (χ0n) is 16.1. The molecule has 1 aromatic carbocycles. The fourth-order valence-electron chi connectivity index (χ4n) is 4.15. The topological polar surface area (TPSA) is 64.0 Å². The van der Waals surface area contributed by atoms with Gasteiger partial charge in [-0.15, -0.1) is 5.10 Å². The molecule has 1 saturated heterocycles. The Kier molecular flexibility index (Phi) is 5.14. The summed E-state index contributed by atoms with van der Waals surface area (Å²) in [6.45, 7) is 5.53. The summed E-state index contributed by atoms with van der Waals surface area (Å²) in [7, 11) is 0. The van der Waals surface area contributed by atoms with Crippen LogP contribution in [0.4, 0.5) is 23.5 Å². The molecule has 3 atom stereocenters. The average molecular weight is 413 g/mol. The van der Waals surface area contributed by atoms with Gasteiger partial charge in [-0.2, -0.15) is 18.2 Å². The van der Waals surface area contributed by atoms with Gasteiger partial charge in [0.1, 0.15) is 0 Å². The normalized spacial score (nSPS) is 24.2. The van der Waals surface area contributed by atoms with Gasteiger partial charge in [0, 0.05) is 6.04 Å². The van der Waals surface area contributed by atoms with Crippen molar-refractivity contribution in [3.63, 3.8) is 0 Å². The Morgan fingerprint density at radius 2 is 1.90 bits per heavy atom. The van der Waals surface area contributed by atoms with Crippen LogP contribution < -0.4 is 15.4 Å². The molecule has 2 N–H and O–H groups in total. The van der Waals surface area contributed by atoms with Crippen LogP contribution in [0.25, 0.3) is 0 Å². The first kappa shape index (κ1) is 19.9. The molecule has 1 aliphatic carbocycles. The summed E-state index contributed by atoms with van der Waals surface area (Å²) in [5.74, 6) is -0.716. The predicted molar refractivity (Wildman–Crippen MR) is 98.4 cm³/mol. The Balaban J connectivity index is 1.60. The predicted octanol–water partition coefficient (Wildman–Crippen LogP) is 4.22. The van der Waals surface area contributed by atoms with Crippen molar-refractivity contribution in [3.8, 4) is 11.8 Å². The highest BCUT2D eigenvalue weighted by molar-refractivity contribution is 5.36. The lowest BCUT2D eigenvalue weighted by molar-refractivity contribution is -0.140. The number of aromatic nitrogens is 3. The molecule has 0 spiro atoms. The number of alkyl halides is 3. The minimum atomic E-state index is -4.81. The largest absolute Gasteiger partial charge is 0.421 e. The lowest BCUT2D eigenvalue weighted by Crippen LogP contribution is -2.45. The highest BCUT2D eigenvalue weighted by Crippen LogP contribution is 2.38. The molecule has 0 amide bonds. The maximum Gasteiger partial charge on any atom is 0.419 e. The highest BCUT2D eigenvalue weighted by Gasteiger charge is 2.40. The fraction of sp³-hybridized carbons (Fsp3) is 0.579. The molecule has 1 aromatic heterocycles. The average Bonchev–Trinajstić information content (AvgIpc) is 3.12. The number of hydrogen-bond donors (Lipinski definition) is 2. The van der Waals surface area contributed by atoms with Gasteiger partial charge < -0.3 is 15.4 Å². The van der Waals surface area contributed by atoms with Crippen LogP contribution in [0.3, 0.4) is 0 Å². The number of fused-ring (bicyclic) bond motifs is 2. The number of piperidine rings is 1. The second-order valence-corrected chi connectivity index (χ2v) is 7.90. The van der Waals surface area contributed by atoms with Crippen molar-refractivity contribution in [3.05, 3.63) is 29.6 Å². The Hall–Kier alpha value is -2.36. The van der Waals surface area contributed by atoms with Crippen LogP contribution in [0.15, 0.2) is 18.2 Å². The first-order chi connectivity index (χ1) is 13.7. The number of benzene rings is 1. The van der Waals surface area contributed by atoms with Gasteiger partial charge in [0.2, 0.25) is 5.95 Å². The van der Waals surface area contributed by atoms with E-state index in [2.05, 4.69) is 20.7 Å². The van der Waals surface area contributed by atoms with Gasteiger partial charge in [-0.05, 0) is 63.7 Å². The third kappa shape index (κ3) is 3.90. The van der Waals surface area contributed by atoms with E-state index < -0.39 is 23.3 Å². The summed E-state index contributed by atoms with van der Waals surface area (Å²) in [4.78, 5) is 4.30. The van der Waals surface area contributed by atoms with Crippen molar-refractivity contribution in [2.24, 2.45) is 11.8 Å². The SMILES string of the molecule is CC(C)n1nc(N[C@H]2[C@@H]3CC[C@H]2CNC3)nc1Oc1cccc(C(F)(F)F)c1F. The quantitative estimate of drug-likeness (QED) is 0.719. The molecule has 4 rings (SSSR count). The van der Waals surface area contributed by atoms with E-state index in [4.69, 9.17) is 4.74 Å². The number of hydrogen-bond acceptors (Lipinski definition) is 5. The number of rotatable bonds is 5. The third-order valence-corrected chi connectivity index (χ3v) is 5.59. The molecule has 2 fully saturated rings. The van der Waals surface area contributed by atoms with Gasteiger partial charge >= 0.3 is 12.2 Å². The number of ether oxygens (including phenoxy) is 1. The molecular formula is C19H23F4N5O. The Bertz CT molecular complexity index is 866. The molecule has 2 aromatic rings. The van der Waals surface area contributed by atoms with Gasteiger partial charge in [-0.25, -0.2) is 9.07 Å². The molecule has 6 nitrogen and oxygen atoms in total. The maximum atomic E-state index is 14.4. The smallest absolute Gasteiger partial charge is 0.419 e. The van der Waals surface area contributed by atoms with E-state index >= 15 is 0 Å². The van der Waals surface area contributed by atoms with Crippen LogP contribution in [0.1, 0.15) is 38.3 Å². The number of anilines is 1. The molecule has 0 unspecified atom stereocenters. The van der Waals surface area contributed by atoms with E-state index in [1.54, 1.807) is 0 Å². The van der Waals surface area contributed by atoms with Gasteiger partial charge in [0.05, 0.1) is 11.6 Å². The Labute approximate surface area is 165 Å². The van der Waals surface area contributed by atoms with E-state index in [1.165, 1.54) is 4.68 Å². The minimum Gasteiger partial charge on any atom is -0.421 e. The number of nitrogens with zero attached hydrogens (tertiary/aromatic N) is 3. The van der Waals surface area contributed by atoms with E-state index in [1.807, 2.05) is 13.8 Å². The molecule has 158 valence electrons. The molecule has 1 aliphatic heterocycles. The molecular weight excluding hydrogens is 390 g/mol. The van der Waals surface area contributed by atoms with Crippen LogP contribution in [-0.2, 0) is 6.18 Å². The second kappa shape index (κ2) is 7.47. The first-order valence-corrected chi connectivity index (χ1v) is 9.71. The van der Waals surface area contributed by atoms with Crippen molar-refractivity contribution in [1.29, 1.82) is 0 Å². The standard InChI is InChI=1S/C19H23F4N5O/c1-10(2)28-18(29-14-5-3-4-13(15(14)20)19(21,22)23)26-17(27-28)25-16-11-6-7-12(16)9-24-8-11/h3-5,10-12,16,24H,6-9H2,1-2H3,(H,25,27)/t11-,12+,16+. The van der Waals surface area contributed by atoms with Gasteiger partial charge in [0.25, 0.3) is 0 Å². The molecule has 29 heavy (non-hydrogen) atoms. The number of nitrogens with one attached hydrogen (secondary N) is 2. The molecule has 2 bridgehead atoms. The lowest BCUT2D eigenvalue weighted by Gasteiger charge is -2.30.